The predicted octanol–water partition coefficient (Wildman–Crippen LogP) is 3.66. The molecule has 23 heavy (non-hydrogen) atoms. The van der Waals surface area contributed by atoms with Gasteiger partial charge in [-0.05, 0) is 36.7 Å². The Bertz CT molecular complexity index is 664. The molecule has 3 heteroatoms. The highest BCUT2D eigenvalue weighted by molar-refractivity contribution is 5.99. The lowest BCUT2D eigenvalue weighted by Gasteiger charge is -2.32. The number of nitrogens with zero attached hydrogens (tertiary/aromatic N) is 2. The molecule has 3 rings (SSSR count). The van der Waals surface area contributed by atoms with E-state index in [0.29, 0.717) is 0 Å². The molecule has 3 nitrogen and oxygen atoms in total. The molecule has 2 aromatic carbocycles. The summed E-state index contributed by atoms with van der Waals surface area (Å²) in [6.07, 6.45) is 0.946. The number of rotatable bonds is 5. The number of hydrogen-bond donors (Lipinski definition) is 0. The molecule has 120 valence electrons. The van der Waals surface area contributed by atoms with Crippen molar-refractivity contribution in [2.24, 2.45) is 0 Å². The molecule has 0 fully saturated rings. The number of fused-ring (bicyclic) bond motifs is 1. The van der Waals surface area contributed by atoms with E-state index in [1.165, 1.54) is 5.56 Å². The van der Waals surface area contributed by atoms with Gasteiger partial charge in [-0.25, -0.2) is 0 Å². The Morgan fingerprint density at radius 3 is 2.39 bits per heavy atom. The topological polar surface area (TPSA) is 23.6 Å². The number of anilines is 1. The van der Waals surface area contributed by atoms with Crippen molar-refractivity contribution in [3.63, 3.8) is 0 Å². The van der Waals surface area contributed by atoms with Crippen LogP contribution in [0.3, 0.4) is 0 Å². The van der Waals surface area contributed by atoms with Gasteiger partial charge in [0.1, 0.15) is 6.04 Å². The van der Waals surface area contributed by atoms with Crippen molar-refractivity contribution in [2.45, 2.75) is 26.3 Å². The lowest BCUT2D eigenvalue weighted by molar-refractivity contribution is -0.123. The Balaban J connectivity index is 1.96. The van der Waals surface area contributed by atoms with Gasteiger partial charge in [0.25, 0.3) is 0 Å². The third kappa shape index (κ3) is 3.02. The summed E-state index contributed by atoms with van der Waals surface area (Å²) in [5.74, 6) is 0.185. The van der Waals surface area contributed by atoms with Crippen molar-refractivity contribution < 1.29 is 4.79 Å². The molecule has 0 aliphatic carbocycles. The van der Waals surface area contributed by atoms with Gasteiger partial charge in [0.05, 0.1) is 0 Å². The molecule has 0 N–H and O–H groups in total. The Labute approximate surface area is 138 Å². The normalized spacial score (nSPS) is 14.8. The molecule has 1 unspecified atom stereocenters. The van der Waals surface area contributed by atoms with Gasteiger partial charge in [-0.2, -0.15) is 0 Å². The second kappa shape index (κ2) is 6.97. The van der Waals surface area contributed by atoms with Crippen LogP contribution in [-0.2, 0) is 11.2 Å². The molecule has 2 aromatic rings. The fourth-order valence-electron chi connectivity index (χ4n) is 3.45. The maximum Gasteiger partial charge on any atom is 0.248 e. The second-order valence-electron chi connectivity index (χ2n) is 5.90. The molecule has 1 heterocycles. The molecule has 0 radical (unpaired) electrons. The lowest BCUT2D eigenvalue weighted by Crippen LogP contribution is -2.42. The number of amides is 1. The van der Waals surface area contributed by atoms with Gasteiger partial charge in [-0.3, -0.25) is 9.69 Å². The van der Waals surface area contributed by atoms with E-state index in [4.69, 9.17) is 0 Å². The third-order valence-corrected chi connectivity index (χ3v) is 4.68. The monoisotopic (exact) mass is 308 g/mol. The average Bonchev–Trinajstić information content (AvgIpc) is 3.04. The van der Waals surface area contributed by atoms with Gasteiger partial charge in [0.15, 0.2) is 0 Å². The van der Waals surface area contributed by atoms with Crippen LogP contribution in [0.4, 0.5) is 5.69 Å². The van der Waals surface area contributed by atoms with Gasteiger partial charge >= 0.3 is 0 Å². The van der Waals surface area contributed by atoms with Gasteiger partial charge in [-0.1, -0.05) is 62.4 Å². The molecule has 1 amide bonds. The van der Waals surface area contributed by atoms with E-state index in [1.807, 2.05) is 35.2 Å². The highest BCUT2D eigenvalue weighted by Crippen LogP contribution is 2.32. The number of carbonyl (C=O) groups is 1. The Kier molecular flexibility index (Phi) is 4.77. The van der Waals surface area contributed by atoms with Crippen molar-refractivity contribution in [1.29, 1.82) is 0 Å². The predicted molar refractivity (Wildman–Crippen MR) is 94.6 cm³/mol. The summed E-state index contributed by atoms with van der Waals surface area (Å²) in [5.41, 5.74) is 3.42. The molecule has 0 aromatic heterocycles. The van der Waals surface area contributed by atoms with Crippen LogP contribution >= 0.6 is 0 Å². The molecule has 0 bridgehead atoms. The van der Waals surface area contributed by atoms with Crippen LogP contribution in [0.1, 0.15) is 31.0 Å². The minimum Gasteiger partial charge on any atom is -0.310 e. The Hall–Kier alpha value is -2.13. The summed E-state index contributed by atoms with van der Waals surface area (Å²) in [7, 11) is 0. The lowest BCUT2D eigenvalue weighted by atomic mass is 10.0. The largest absolute Gasteiger partial charge is 0.310 e. The van der Waals surface area contributed by atoms with Gasteiger partial charge in [0, 0.05) is 12.2 Å². The van der Waals surface area contributed by atoms with Crippen molar-refractivity contribution in [2.75, 3.05) is 24.5 Å². The molecule has 0 spiro atoms. The van der Waals surface area contributed by atoms with E-state index in [-0.39, 0.29) is 11.9 Å². The molecule has 0 saturated heterocycles. The zero-order chi connectivity index (χ0) is 16.2. The maximum absolute atomic E-state index is 13.4. The van der Waals surface area contributed by atoms with Gasteiger partial charge < -0.3 is 4.90 Å². The van der Waals surface area contributed by atoms with Crippen LogP contribution in [0.2, 0.25) is 0 Å². The van der Waals surface area contributed by atoms with Crippen LogP contribution in [0.15, 0.2) is 54.6 Å². The van der Waals surface area contributed by atoms with Crippen molar-refractivity contribution in [3.8, 4) is 0 Å². The zero-order valence-electron chi connectivity index (χ0n) is 13.9. The molecule has 0 saturated carbocycles. The standard InChI is InChI=1S/C20H24N2O/c1-3-21(4-2)19(17-11-6-5-7-12-17)20(23)22-15-14-16-10-8-9-13-18(16)22/h5-13,19H,3-4,14-15H2,1-2H3. The van der Waals surface area contributed by atoms with Crippen molar-refractivity contribution >= 4 is 11.6 Å². The smallest absolute Gasteiger partial charge is 0.248 e. The SMILES string of the molecule is CCN(CC)C(C(=O)N1CCc2ccccc21)c1ccccc1. The van der Waals surface area contributed by atoms with E-state index >= 15 is 0 Å². The van der Waals surface area contributed by atoms with Gasteiger partial charge in [-0.15, -0.1) is 0 Å². The van der Waals surface area contributed by atoms with E-state index in [0.717, 1.165) is 37.3 Å². The summed E-state index contributed by atoms with van der Waals surface area (Å²) in [6, 6.07) is 18.2. The highest BCUT2D eigenvalue weighted by atomic mass is 16.2. The van der Waals surface area contributed by atoms with Crippen molar-refractivity contribution in [1.82, 2.24) is 4.90 Å². The van der Waals surface area contributed by atoms with Crippen molar-refractivity contribution in [3.05, 3.63) is 65.7 Å². The first-order valence-electron chi connectivity index (χ1n) is 8.44. The maximum atomic E-state index is 13.4. The van der Waals surface area contributed by atoms with Crippen LogP contribution in [-0.4, -0.2) is 30.4 Å². The van der Waals surface area contributed by atoms with Crippen LogP contribution in [0, 0.1) is 0 Å². The summed E-state index contributed by atoms with van der Waals surface area (Å²) in [4.78, 5) is 17.6. The summed E-state index contributed by atoms with van der Waals surface area (Å²) in [5, 5.41) is 0. The van der Waals surface area contributed by atoms with E-state index in [2.05, 4.69) is 43.0 Å². The number of para-hydroxylation sites is 1. The minimum atomic E-state index is -0.211. The average molecular weight is 308 g/mol. The molecule has 1 atom stereocenters. The Morgan fingerprint density at radius 1 is 1.04 bits per heavy atom. The van der Waals surface area contributed by atoms with Gasteiger partial charge in [0.2, 0.25) is 5.91 Å². The first-order valence-corrected chi connectivity index (χ1v) is 8.44. The summed E-state index contributed by atoms with van der Waals surface area (Å²) in [6.45, 7) is 6.73. The van der Waals surface area contributed by atoms with Crippen LogP contribution < -0.4 is 4.90 Å². The fraction of sp³-hybridized carbons (Fsp3) is 0.350. The quantitative estimate of drug-likeness (QED) is 0.841. The summed E-state index contributed by atoms with van der Waals surface area (Å²) >= 11 is 0. The second-order valence-corrected chi connectivity index (χ2v) is 5.90. The molecular formula is C20H24N2O. The van der Waals surface area contributed by atoms with E-state index < -0.39 is 0 Å². The summed E-state index contributed by atoms with van der Waals surface area (Å²) < 4.78 is 0. The van der Waals surface area contributed by atoms with E-state index in [9.17, 15) is 4.79 Å². The first kappa shape index (κ1) is 15.8. The minimum absolute atomic E-state index is 0.185. The van der Waals surface area contributed by atoms with Crippen LogP contribution in [0.25, 0.3) is 0 Å². The molecule has 1 aliphatic heterocycles. The first-order chi connectivity index (χ1) is 11.3. The number of hydrogen-bond acceptors (Lipinski definition) is 2. The zero-order valence-corrected chi connectivity index (χ0v) is 13.9. The molecule has 1 aliphatic rings. The Morgan fingerprint density at radius 2 is 1.70 bits per heavy atom. The fourth-order valence-corrected chi connectivity index (χ4v) is 3.45. The van der Waals surface area contributed by atoms with E-state index in [1.54, 1.807) is 0 Å². The number of likely N-dealkylation sites (N-methyl/N-ethyl adjacent to an activating group) is 1. The third-order valence-electron chi connectivity index (χ3n) is 4.68. The number of benzene rings is 2. The highest BCUT2D eigenvalue weighted by Gasteiger charge is 2.33. The van der Waals surface area contributed by atoms with Crippen LogP contribution in [0.5, 0.6) is 0 Å². The number of carbonyl (C=O) groups excluding carboxylic acids is 1. The molecular weight excluding hydrogens is 284 g/mol.